The quantitative estimate of drug-likeness (QED) is 0.831. The van der Waals surface area contributed by atoms with E-state index in [1.807, 2.05) is 28.5 Å². The molecule has 3 atom stereocenters. The number of aromatic nitrogens is 1. The van der Waals surface area contributed by atoms with Crippen molar-refractivity contribution in [3.63, 3.8) is 0 Å². The molecule has 1 saturated heterocycles. The summed E-state index contributed by atoms with van der Waals surface area (Å²) in [5.41, 5.74) is 1.11. The fraction of sp³-hybridized carbons (Fsp3) is 0.632. The second-order valence-corrected chi connectivity index (χ2v) is 7.33. The van der Waals surface area contributed by atoms with E-state index in [0.29, 0.717) is 32.0 Å². The number of rotatable bonds is 5. The third-order valence-corrected chi connectivity index (χ3v) is 5.31. The minimum atomic E-state index is -0.190. The zero-order chi connectivity index (χ0) is 17.3. The first-order valence-corrected chi connectivity index (χ1v) is 8.97. The second kappa shape index (κ2) is 6.91. The summed E-state index contributed by atoms with van der Waals surface area (Å²) < 4.78 is 1.87. The molecule has 130 valence electrons. The molecule has 24 heavy (non-hydrogen) atoms. The van der Waals surface area contributed by atoms with Crippen molar-refractivity contribution in [3.8, 4) is 0 Å². The summed E-state index contributed by atoms with van der Waals surface area (Å²) in [6, 6.07) is 5.43. The van der Waals surface area contributed by atoms with Crippen LogP contribution >= 0.6 is 0 Å². The summed E-state index contributed by atoms with van der Waals surface area (Å²) >= 11 is 0. The fourth-order valence-electron chi connectivity index (χ4n) is 4.34. The largest absolute Gasteiger partial charge is 0.341 e. The van der Waals surface area contributed by atoms with Crippen molar-refractivity contribution < 1.29 is 9.59 Å². The van der Waals surface area contributed by atoms with E-state index in [1.54, 1.807) is 13.0 Å². The van der Waals surface area contributed by atoms with Crippen LogP contribution in [0.15, 0.2) is 23.0 Å². The lowest BCUT2D eigenvalue weighted by atomic mass is 9.82. The minimum Gasteiger partial charge on any atom is -0.341 e. The van der Waals surface area contributed by atoms with Gasteiger partial charge in [-0.05, 0) is 31.7 Å². The highest BCUT2D eigenvalue weighted by atomic mass is 16.2. The molecule has 0 radical (unpaired) electrons. The molecule has 0 N–H and O–H groups in total. The van der Waals surface area contributed by atoms with Crippen molar-refractivity contribution >= 4 is 11.7 Å². The average Bonchev–Trinajstić information content (AvgIpc) is 2.54. The van der Waals surface area contributed by atoms with E-state index in [4.69, 9.17) is 0 Å². The predicted molar refractivity (Wildman–Crippen MR) is 91.8 cm³/mol. The first-order valence-electron chi connectivity index (χ1n) is 8.97. The standard InChI is InChI=1S/C19H26N2O3/c1-3-5-15(8-13(2)22)19(24)20-10-14-9-16(12-20)17-6-4-7-18(23)21(17)11-14/h4,6-7,14-16H,3,5,8-12H2,1-2H3/t14-,15?,16-/m0/s1. The summed E-state index contributed by atoms with van der Waals surface area (Å²) in [5.74, 6) is 0.573. The van der Waals surface area contributed by atoms with Gasteiger partial charge in [0.2, 0.25) is 5.91 Å². The van der Waals surface area contributed by atoms with Gasteiger partial charge in [-0.3, -0.25) is 9.59 Å². The zero-order valence-corrected chi connectivity index (χ0v) is 14.5. The molecule has 2 aliphatic heterocycles. The molecule has 2 aliphatic rings. The van der Waals surface area contributed by atoms with E-state index in [2.05, 4.69) is 0 Å². The SMILES string of the molecule is CCCC(CC(C)=O)C(=O)N1C[C@@H]2C[C@@H](C1)c1cccc(=O)n1C2. The normalized spacial score (nSPS) is 23.5. The number of piperidine rings is 1. The third-order valence-electron chi connectivity index (χ3n) is 5.31. The lowest BCUT2D eigenvalue weighted by Gasteiger charge is -2.43. The van der Waals surface area contributed by atoms with Crippen molar-refractivity contribution in [1.29, 1.82) is 0 Å². The molecule has 1 unspecified atom stereocenters. The van der Waals surface area contributed by atoms with Crippen LogP contribution in [-0.2, 0) is 16.1 Å². The average molecular weight is 330 g/mol. The minimum absolute atomic E-state index is 0.0578. The number of carbonyl (C=O) groups excluding carboxylic acids is 2. The Morgan fingerprint density at radius 2 is 2.04 bits per heavy atom. The number of nitrogens with zero attached hydrogens (tertiary/aromatic N) is 2. The Morgan fingerprint density at radius 3 is 2.75 bits per heavy atom. The number of pyridine rings is 1. The summed E-state index contributed by atoms with van der Waals surface area (Å²) in [6.07, 6.45) is 3.05. The molecule has 3 heterocycles. The van der Waals surface area contributed by atoms with Crippen LogP contribution in [0.4, 0.5) is 0 Å². The molecule has 2 bridgehead atoms. The molecule has 1 aromatic rings. The van der Waals surface area contributed by atoms with Crippen LogP contribution in [0.25, 0.3) is 0 Å². The van der Waals surface area contributed by atoms with Gasteiger partial charge in [0.15, 0.2) is 0 Å². The third kappa shape index (κ3) is 3.30. The smallest absolute Gasteiger partial charge is 0.250 e. The maximum absolute atomic E-state index is 12.9. The lowest BCUT2D eigenvalue weighted by Crippen LogP contribution is -2.50. The van der Waals surface area contributed by atoms with Crippen LogP contribution in [0, 0.1) is 11.8 Å². The van der Waals surface area contributed by atoms with Gasteiger partial charge in [0.05, 0.1) is 0 Å². The molecule has 5 heteroatoms. The first kappa shape index (κ1) is 16.9. The summed E-state index contributed by atoms with van der Waals surface area (Å²) in [5, 5.41) is 0. The van der Waals surface area contributed by atoms with Gasteiger partial charge in [-0.25, -0.2) is 0 Å². The van der Waals surface area contributed by atoms with E-state index >= 15 is 0 Å². The van der Waals surface area contributed by atoms with Gasteiger partial charge in [0.1, 0.15) is 5.78 Å². The van der Waals surface area contributed by atoms with Crippen LogP contribution in [0.1, 0.15) is 51.1 Å². The Labute approximate surface area is 142 Å². The number of Topliss-reactive ketones (excluding diaryl/α,β-unsaturated/α-hetero) is 1. The van der Waals surface area contributed by atoms with E-state index in [9.17, 15) is 14.4 Å². The number of hydrogen-bond acceptors (Lipinski definition) is 3. The first-order chi connectivity index (χ1) is 11.5. The molecule has 1 fully saturated rings. The Bertz CT molecular complexity index is 694. The number of hydrogen-bond donors (Lipinski definition) is 0. The van der Waals surface area contributed by atoms with E-state index < -0.39 is 0 Å². The van der Waals surface area contributed by atoms with Gasteiger partial charge in [-0.2, -0.15) is 0 Å². The predicted octanol–water partition coefficient (Wildman–Crippen LogP) is 2.19. The Hall–Kier alpha value is -1.91. The van der Waals surface area contributed by atoms with Gasteiger partial charge >= 0.3 is 0 Å². The van der Waals surface area contributed by atoms with Crippen LogP contribution in [0.5, 0.6) is 0 Å². The summed E-state index contributed by atoms with van der Waals surface area (Å²) in [6.45, 7) is 5.67. The Balaban J connectivity index is 1.79. The summed E-state index contributed by atoms with van der Waals surface area (Å²) in [4.78, 5) is 38.5. The van der Waals surface area contributed by atoms with E-state index in [-0.39, 0.29) is 29.1 Å². The highest BCUT2D eigenvalue weighted by Crippen LogP contribution is 2.35. The van der Waals surface area contributed by atoms with Crippen LogP contribution in [-0.4, -0.2) is 34.2 Å². The monoisotopic (exact) mass is 330 g/mol. The van der Waals surface area contributed by atoms with Gasteiger partial charge in [-0.15, -0.1) is 0 Å². The molecule has 3 rings (SSSR count). The molecule has 0 saturated carbocycles. The molecule has 0 spiro atoms. The van der Waals surface area contributed by atoms with E-state index in [0.717, 1.165) is 25.0 Å². The van der Waals surface area contributed by atoms with Gasteiger partial charge < -0.3 is 14.3 Å². The van der Waals surface area contributed by atoms with Crippen LogP contribution in [0.2, 0.25) is 0 Å². The van der Waals surface area contributed by atoms with Crippen LogP contribution in [0.3, 0.4) is 0 Å². The van der Waals surface area contributed by atoms with Gasteiger partial charge in [0, 0.05) is 49.7 Å². The van der Waals surface area contributed by atoms with Crippen molar-refractivity contribution in [2.45, 2.75) is 52.0 Å². The maximum Gasteiger partial charge on any atom is 0.250 e. The Kier molecular flexibility index (Phi) is 4.88. The maximum atomic E-state index is 12.9. The topological polar surface area (TPSA) is 59.4 Å². The van der Waals surface area contributed by atoms with Gasteiger partial charge in [0.25, 0.3) is 5.56 Å². The molecule has 1 amide bonds. The highest BCUT2D eigenvalue weighted by Gasteiger charge is 2.37. The number of amides is 1. The molecular weight excluding hydrogens is 304 g/mol. The molecule has 0 aliphatic carbocycles. The molecule has 0 aromatic carbocycles. The number of likely N-dealkylation sites (tertiary alicyclic amines) is 1. The summed E-state index contributed by atoms with van der Waals surface area (Å²) in [7, 11) is 0. The lowest BCUT2D eigenvalue weighted by molar-refractivity contribution is -0.140. The number of ketones is 1. The second-order valence-electron chi connectivity index (χ2n) is 7.33. The van der Waals surface area contributed by atoms with Crippen molar-refractivity contribution in [2.75, 3.05) is 13.1 Å². The van der Waals surface area contributed by atoms with Crippen molar-refractivity contribution in [3.05, 3.63) is 34.2 Å². The molecular formula is C19H26N2O3. The fourth-order valence-corrected chi connectivity index (χ4v) is 4.34. The van der Waals surface area contributed by atoms with E-state index in [1.165, 1.54) is 0 Å². The number of carbonyl (C=O) groups is 2. The van der Waals surface area contributed by atoms with Gasteiger partial charge in [-0.1, -0.05) is 19.4 Å². The van der Waals surface area contributed by atoms with Crippen molar-refractivity contribution in [2.24, 2.45) is 11.8 Å². The van der Waals surface area contributed by atoms with Crippen LogP contribution < -0.4 is 5.56 Å². The Morgan fingerprint density at radius 1 is 1.25 bits per heavy atom. The highest BCUT2D eigenvalue weighted by molar-refractivity contribution is 5.85. The molecule has 1 aromatic heterocycles. The number of fused-ring (bicyclic) bond motifs is 4. The molecule has 5 nitrogen and oxygen atoms in total. The van der Waals surface area contributed by atoms with Crippen molar-refractivity contribution in [1.82, 2.24) is 9.47 Å². The zero-order valence-electron chi connectivity index (χ0n) is 14.5.